The Kier molecular flexibility index (Phi) is 30.4. The van der Waals surface area contributed by atoms with Crippen molar-refractivity contribution < 1.29 is 57.1 Å². The topological polar surface area (TPSA) is 169 Å². The lowest BCUT2D eigenvalue weighted by Crippen LogP contribution is -2.37. The highest BCUT2D eigenvalue weighted by Crippen LogP contribution is 2.38. The van der Waals surface area contributed by atoms with Crippen LogP contribution >= 0.6 is 7.82 Å². The summed E-state index contributed by atoms with van der Waals surface area (Å²) in [6.07, 6.45) is 31.6. The van der Waals surface area contributed by atoms with Crippen LogP contribution in [0.15, 0.2) is 60.8 Å². The Balaban J connectivity index is 2.52. The van der Waals surface area contributed by atoms with E-state index in [0.29, 0.717) is 43.1 Å². The first kappa shape index (κ1) is 54.3. The Bertz CT molecular complexity index is 1350. The molecule has 2 N–H and O–H groups in total. The van der Waals surface area contributed by atoms with Gasteiger partial charge in [0.15, 0.2) is 6.10 Å². The Hall–Kier alpha value is -2.70. The summed E-state index contributed by atoms with van der Waals surface area (Å²) in [5, 5.41) is 20.8. The van der Waals surface area contributed by atoms with Crippen molar-refractivity contribution in [2.45, 2.75) is 154 Å². The third kappa shape index (κ3) is 30.1. The van der Waals surface area contributed by atoms with Crippen LogP contribution in [0.1, 0.15) is 136 Å². The number of quaternary nitrogens is 1. The fraction of sp³-hybridized carbons (Fsp3) is 0.717. The summed E-state index contributed by atoms with van der Waals surface area (Å²) in [7, 11) is 0.984. The number of hydrogen-bond donors (Lipinski definition) is 2. The van der Waals surface area contributed by atoms with Crippen LogP contribution in [-0.2, 0) is 37.5 Å². The Labute approximate surface area is 356 Å². The van der Waals surface area contributed by atoms with E-state index in [0.717, 1.165) is 70.6 Å². The van der Waals surface area contributed by atoms with Gasteiger partial charge in [0.2, 0.25) is 0 Å². The van der Waals surface area contributed by atoms with Gasteiger partial charge in [-0.25, -0.2) is 0 Å². The molecule has 59 heavy (non-hydrogen) atoms. The minimum Gasteiger partial charge on any atom is -0.756 e. The van der Waals surface area contributed by atoms with Gasteiger partial charge in [0, 0.05) is 31.1 Å². The zero-order valence-corrected chi connectivity index (χ0v) is 37.8. The number of rotatable bonds is 35. The molecule has 1 saturated carbocycles. The standard InChI is InChI=1S/C46H78NO11P/c1-6-8-10-11-12-13-14-15-16-17-18-19-20-21-26-30-45(51)55-37-40(38-57-59(53,54)56-35-34-47(3,4)5)58-46(52)31-27-23-22-25-29-41-42(44(50)36-43(41)49)33-32-39(48)28-24-9-7-2/h8,10,12-13,15-16,18-19,32-33,39-42,44,48,50H,6-7,9,11,14,17,20-31,34-38H2,1-5H3/b10-8-,13-12-,16-15-,19-18-,33-32+/t39-,40+,41+,42+,44+/m0/s1. The fourth-order valence-corrected chi connectivity index (χ4v) is 7.15. The number of allylic oxidation sites excluding steroid dienone is 8. The molecule has 12 nitrogen and oxygen atoms in total. The van der Waals surface area contributed by atoms with Crippen molar-refractivity contribution in [3.63, 3.8) is 0 Å². The molecular weight excluding hydrogens is 773 g/mol. The zero-order chi connectivity index (χ0) is 43.8. The maximum atomic E-state index is 12.8. The lowest BCUT2D eigenvalue weighted by molar-refractivity contribution is -0.870. The van der Waals surface area contributed by atoms with E-state index in [1.54, 1.807) is 6.08 Å². The maximum Gasteiger partial charge on any atom is 0.306 e. The molecule has 6 atom stereocenters. The molecule has 0 aromatic carbocycles. The first-order valence-electron chi connectivity index (χ1n) is 22.1. The van der Waals surface area contributed by atoms with Gasteiger partial charge in [-0.15, -0.1) is 0 Å². The van der Waals surface area contributed by atoms with E-state index in [1.807, 2.05) is 27.2 Å². The predicted octanol–water partition coefficient (Wildman–Crippen LogP) is 8.42. The number of hydrogen-bond acceptors (Lipinski definition) is 11. The minimum absolute atomic E-state index is 0.0355. The Morgan fingerprint density at radius 3 is 2.12 bits per heavy atom. The number of phosphoric acid groups is 1. The van der Waals surface area contributed by atoms with Crippen molar-refractivity contribution >= 4 is 25.5 Å². The summed E-state index contributed by atoms with van der Waals surface area (Å²) in [5.74, 6) is -1.62. The molecule has 338 valence electrons. The number of phosphoric ester groups is 1. The van der Waals surface area contributed by atoms with E-state index in [-0.39, 0.29) is 50.1 Å². The van der Waals surface area contributed by atoms with Gasteiger partial charge in [0.05, 0.1) is 40.0 Å². The van der Waals surface area contributed by atoms with E-state index in [4.69, 9.17) is 18.5 Å². The van der Waals surface area contributed by atoms with Crippen LogP contribution in [0.25, 0.3) is 0 Å². The Morgan fingerprint density at radius 2 is 1.46 bits per heavy atom. The summed E-state index contributed by atoms with van der Waals surface area (Å²) < 4.78 is 33.8. The molecular formula is C46H78NO11P. The van der Waals surface area contributed by atoms with Gasteiger partial charge in [-0.2, -0.15) is 0 Å². The van der Waals surface area contributed by atoms with Crippen molar-refractivity contribution in [1.82, 2.24) is 0 Å². The third-order valence-electron chi connectivity index (χ3n) is 9.92. The quantitative estimate of drug-likeness (QED) is 0.0206. The number of Topliss-reactive ketones (excluding diaryl/α,β-unsaturated/α-hetero) is 1. The smallest absolute Gasteiger partial charge is 0.306 e. The molecule has 1 aliphatic rings. The van der Waals surface area contributed by atoms with Crippen LogP contribution in [0.5, 0.6) is 0 Å². The van der Waals surface area contributed by atoms with E-state index in [2.05, 4.69) is 62.5 Å². The average molecular weight is 852 g/mol. The first-order chi connectivity index (χ1) is 28.2. The summed E-state index contributed by atoms with van der Waals surface area (Å²) in [6, 6.07) is 0. The highest BCUT2D eigenvalue weighted by molar-refractivity contribution is 7.45. The normalized spacial score (nSPS) is 19.8. The van der Waals surface area contributed by atoms with Crippen molar-refractivity contribution in [3.8, 4) is 0 Å². The van der Waals surface area contributed by atoms with E-state index in [1.165, 1.54) is 0 Å². The number of carbonyl (C=O) groups is 3. The van der Waals surface area contributed by atoms with Crippen LogP contribution in [0, 0.1) is 11.8 Å². The number of likely N-dealkylation sites (N-methyl/N-ethyl adjacent to an activating group) is 1. The lowest BCUT2D eigenvalue weighted by atomic mass is 9.88. The van der Waals surface area contributed by atoms with Gasteiger partial charge in [-0.05, 0) is 64.2 Å². The maximum absolute atomic E-state index is 12.8. The number of carbonyl (C=O) groups excluding carboxylic acids is 3. The van der Waals surface area contributed by atoms with Crippen molar-refractivity contribution in [1.29, 1.82) is 0 Å². The van der Waals surface area contributed by atoms with Crippen LogP contribution < -0.4 is 4.89 Å². The highest BCUT2D eigenvalue weighted by Gasteiger charge is 2.39. The number of ketones is 1. The second-order valence-electron chi connectivity index (χ2n) is 16.5. The number of aliphatic hydroxyl groups is 2. The fourth-order valence-electron chi connectivity index (χ4n) is 6.42. The van der Waals surface area contributed by atoms with Gasteiger partial charge in [0.1, 0.15) is 25.5 Å². The third-order valence-corrected chi connectivity index (χ3v) is 10.9. The molecule has 1 fully saturated rings. The molecule has 0 aromatic rings. The number of ether oxygens (including phenoxy) is 2. The van der Waals surface area contributed by atoms with Gasteiger partial charge in [-0.3, -0.25) is 18.9 Å². The van der Waals surface area contributed by atoms with Gasteiger partial charge < -0.3 is 38.1 Å². The molecule has 1 rings (SSSR count). The minimum atomic E-state index is -4.70. The molecule has 0 spiro atoms. The van der Waals surface area contributed by atoms with Crippen molar-refractivity contribution in [3.05, 3.63) is 60.8 Å². The molecule has 0 saturated heterocycles. The molecule has 13 heteroatoms. The van der Waals surface area contributed by atoms with E-state index < -0.39 is 44.7 Å². The summed E-state index contributed by atoms with van der Waals surface area (Å²) in [4.78, 5) is 50.3. The number of nitrogens with zero attached hydrogens (tertiary/aromatic N) is 1. The number of unbranched alkanes of at least 4 members (excludes halogenated alkanes) is 7. The SMILES string of the molecule is CC/C=C\C/C=C\C/C=C\C/C=C\CCCCC(=O)OC[C@H](COP(=O)([O-])OCC[N+](C)(C)C)OC(=O)CCCCCC[C@H]1C(=O)C[C@@H](O)[C@@H]1/C=C/[C@@H](O)CCCCC. The summed E-state index contributed by atoms with van der Waals surface area (Å²) in [5.41, 5.74) is 0. The second kappa shape index (κ2) is 33.0. The lowest BCUT2D eigenvalue weighted by Gasteiger charge is -2.28. The van der Waals surface area contributed by atoms with Crippen LogP contribution in [0.3, 0.4) is 0 Å². The zero-order valence-electron chi connectivity index (χ0n) is 36.9. The number of aliphatic hydroxyl groups excluding tert-OH is 2. The monoisotopic (exact) mass is 852 g/mol. The molecule has 0 aromatic heterocycles. The summed E-state index contributed by atoms with van der Waals surface area (Å²) >= 11 is 0. The van der Waals surface area contributed by atoms with Gasteiger partial charge in [-0.1, -0.05) is 113 Å². The van der Waals surface area contributed by atoms with Crippen LogP contribution in [0.2, 0.25) is 0 Å². The van der Waals surface area contributed by atoms with E-state index in [9.17, 15) is 34.1 Å². The average Bonchev–Trinajstić information content (AvgIpc) is 3.44. The molecule has 1 unspecified atom stereocenters. The highest BCUT2D eigenvalue weighted by atomic mass is 31.2. The number of esters is 2. The van der Waals surface area contributed by atoms with Gasteiger partial charge in [0.25, 0.3) is 7.82 Å². The summed E-state index contributed by atoms with van der Waals surface area (Å²) in [6.45, 7) is 3.66. The largest absolute Gasteiger partial charge is 0.756 e. The molecule has 0 aliphatic heterocycles. The van der Waals surface area contributed by atoms with Crippen molar-refractivity contribution in [2.24, 2.45) is 11.8 Å². The molecule has 1 aliphatic carbocycles. The van der Waals surface area contributed by atoms with Crippen LogP contribution in [0.4, 0.5) is 0 Å². The second-order valence-corrected chi connectivity index (χ2v) is 17.9. The first-order valence-corrected chi connectivity index (χ1v) is 23.6. The molecule has 0 heterocycles. The molecule has 0 radical (unpaired) electrons. The van der Waals surface area contributed by atoms with E-state index >= 15 is 0 Å². The predicted molar refractivity (Wildman–Crippen MR) is 232 cm³/mol. The van der Waals surface area contributed by atoms with Crippen molar-refractivity contribution in [2.75, 3.05) is 47.5 Å². The Morgan fingerprint density at radius 1 is 0.831 bits per heavy atom. The molecule has 0 bridgehead atoms. The van der Waals surface area contributed by atoms with Crippen LogP contribution in [-0.4, -0.2) is 98.2 Å². The molecule has 0 amide bonds. The van der Waals surface area contributed by atoms with Gasteiger partial charge >= 0.3 is 11.9 Å².